The SMILES string of the molecule is Oc1nc2ccccn2c1Cc1ccc2ccccc2c1. The first kappa shape index (κ1) is 12.0. The lowest BCUT2D eigenvalue weighted by atomic mass is 10.0. The summed E-state index contributed by atoms with van der Waals surface area (Å²) in [5, 5.41) is 12.5. The summed E-state index contributed by atoms with van der Waals surface area (Å²) in [6.45, 7) is 0. The molecule has 0 aliphatic carbocycles. The molecule has 0 saturated carbocycles. The zero-order chi connectivity index (χ0) is 14.2. The van der Waals surface area contributed by atoms with Crippen molar-refractivity contribution in [3.8, 4) is 5.88 Å². The van der Waals surface area contributed by atoms with Crippen LogP contribution in [0.25, 0.3) is 16.4 Å². The van der Waals surface area contributed by atoms with Gasteiger partial charge in [0.05, 0.1) is 5.69 Å². The molecule has 2 aromatic heterocycles. The maximum atomic E-state index is 10.1. The van der Waals surface area contributed by atoms with Gasteiger partial charge in [-0.2, -0.15) is 4.98 Å². The number of nitrogens with zero attached hydrogens (tertiary/aromatic N) is 2. The van der Waals surface area contributed by atoms with Crippen molar-refractivity contribution in [3.05, 3.63) is 78.1 Å². The molecule has 2 heterocycles. The molecule has 0 bridgehead atoms. The average Bonchev–Trinajstić information content (AvgIpc) is 2.83. The molecule has 0 saturated heterocycles. The van der Waals surface area contributed by atoms with Crippen LogP contribution in [0.1, 0.15) is 11.3 Å². The van der Waals surface area contributed by atoms with Crippen molar-refractivity contribution in [2.24, 2.45) is 0 Å². The lowest BCUT2D eigenvalue weighted by Gasteiger charge is -2.05. The Morgan fingerprint density at radius 3 is 2.62 bits per heavy atom. The third-order valence-electron chi connectivity index (χ3n) is 3.79. The van der Waals surface area contributed by atoms with E-state index in [1.807, 2.05) is 40.9 Å². The second kappa shape index (κ2) is 4.63. The van der Waals surface area contributed by atoms with E-state index in [2.05, 4.69) is 35.3 Å². The van der Waals surface area contributed by atoms with Crippen LogP contribution in [0, 0.1) is 0 Å². The number of pyridine rings is 1. The summed E-state index contributed by atoms with van der Waals surface area (Å²) in [6, 6.07) is 20.4. The largest absolute Gasteiger partial charge is 0.492 e. The number of fused-ring (bicyclic) bond motifs is 2. The van der Waals surface area contributed by atoms with E-state index < -0.39 is 0 Å². The topological polar surface area (TPSA) is 37.5 Å². The monoisotopic (exact) mass is 274 g/mol. The van der Waals surface area contributed by atoms with Crippen molar-refractivity contribution >= 4 is 16.4 Å². The summed E-state index contributed by atoms with van der Waals surface area (Å²) in [6.07, 6.45) is 2.58. The second-order valence-corrected chi connectivity index (χ2v) is 5.17. The Bertz CT molecular complexity index is 940. The van der Waals surface area contributed by atoms with Crippen LogP contribution in [0.4, 0.5) is 0 Å². The van der Waals surface area contributed by atoms with E-state index in [0.29, 0.717) is 6.42 Å². The molecule has 0 radical (unpaired) electrons. The molecule has 0 amide bonds. The van der Waals surface area contributed by atoms with E-state index in [4.69, 9.17) is 0 Å². The molecule has 0 fully saturated rings. The normalized spacial score (nSPS) is 11.2. The molecule has 21 heavy (non-hydrogen) atoms. The molecule has 3 nitrogen and oxygen atoms in total. The van der Waals surface area contributed by atoms with Gasteiger partial charge in [-0.05, 0) is 28.5 Å². The van der Waals surface area contributed by atoms with Gasteiger partial charge >= 0.3 is 0 Å². The zero-order valence-corrected chi connectivity index (χ0v) is 11.4. The summed E-state index contributed by atoms with van der Waals surface area (Å²) < 4.78 is 1.94. The molecule has 0 spiro atoms. The third-order valence-corrected chi connectivity index (χ3v) is 3.79. The fraction of sp³-hybridized carbons (Fsp3) is 0.0556. The fourth-order valence-electron chi connectivity index (χ4n) is 2.74. The van der Waals surface area contributed by atoms with Crippen LogP contribution in [0.15, 0.2) is 66.9 Å². The third kappa shape index (κ3) is 2.03. The molecule has 102 valence electrons. The van der Waals surface area contributed by atoms with E-state index in [1.165, 1.54) is 10.8 Å². The summed E-state index contributed by atoms with van der Waals surface area (Å²) in [5.74, 6) is 0.106. The second-order valence-electron chi connectivity index (χ2n) is 5.17. The number of rotatable bonds is 2. The molecule has 3 heteroatoms. The Kier molecular flexibility index (Phi) is 2.64. The molecule has 0 aliphatic rings. The van der Waals surface area contributed by atoms with Crippen LogP contribution in [0.5, 0.6) is 5.88 Å². The molecule has 2 aromatic carbocycles. The lowest BCUT2D eigenvalue weighted by Crippen LogP contribution is -1.94. The minimum absolute atomic E-state index is 0.106. The van der Waals surface area contributed by atoms with Crippen molar-refractivity contribution in [1.82, 2.24) is 9.38 Å². The minimum atomic E-state index is 0.106. The summed E-state index contributed by atoms with van der Waals surface area (Å²) >= 11 is 0. The van der Waals surface area contributed by atoms with E-state index >= 15 is 0 Å². The average molecular weight is 274 g/mol. The maximum absolute atomic E-state index is 10.1. The van der Waals surface area contributed by atoms with Crippen LogP contribution in [0.3, 0.4) is 0 Å². The van der Waals surface area contributed by atoms with Crippen LogP contribution >= 0.6 is 0 Å². The standard InChI is InChI=1S/C18H14N2O/c21-18-16(20-10-4-3-7-17(20)19-18)12-13-8-9-14-5-1-2-6-15(14)11-13/h1-11,21H,12H2. The molecular formula is C18H14N2O. The molecule has 0 unspecified atom stereocenters. The number of aromatic hydroxyl groups is 1. The molecule has 4 aromatic rings. The minimum Gasteiger partial charge on any atom is -0.492 e. The Labute approximate surface area is 122 Å². The molecule has 0 atom stereocenters. The molecular weight excluding hydrogens is 260 g/mol. The van der Waals surface area contributed by atoms with E-state index in [-0.39, 0.29) is 5.88 Å². The Morgan fingerprint density at radius 2 is 1.71 bits per heavy atom. The van der Waals surface area contributed by atoms with Crippen molar-refractivity contribution in [3.63, 3.8) is 0 Å². The van der Waals surface area contributed by atoms with Gasteiger partial charge in [0.1, 0.15) is 5.65 Å². The number of hydrogen-bond donors (Lipinski definition) is 1. The maximum Gasteiger partial charge on any atom is 0.233 e. The Morgan fingerprint density at radius 1 is 0.905 bits per heavy atom. The first-order chi connectivity index (χ1) is 10.3. The van der Waals surface area contributed by atoms with Gasteiger partial charge in [-0.15, -0.1) is 0 Å². The van der Waals surface area contributed by atoms with Crippen molar-refractivity contribution in [2.45, 2.75) is 6.42 Å². The van der Waals surface area contributed by atoms with Gasteiger partial charge in [0, 0.05) is 12.6 Å². The first-order valence-electron chi connectivity index (χ1n) is 6.94. The van der Waals surface area contributed by atoms with Crippen molar-refractivity contribution in [2.75, 3.05) is 0 Å². The number of aromatic nitrogens is 2. The fourth-order valence-corrected chi connectivity index (χ4v) is 2.74. The van der Waals surface area contributed by atoms with Crippen molar-refractivity contribution < 1.29 is 5.11 Å². The van der Waals surface area contributed by atoms with E-state index in [1.54, 1.807) is 0 Å². The predicted molar refractivity (Wildman–Crippen MR) is 83.6 cm³/mol. The first-order valence-corrected chi connectivity index (χ1v) is 6.94. The van der Waals surface area contributed by atoms with Gasteiger partial charge < -0.3 is 5.11 Å². The number of imidazole rings is 1. The Hall–Kier alpha value is -2.81. The summed E-state index contributed by atoms with van der Waals surface area (Å²) in [5.41, 5.74) is 2.75. The van der Waals surface area contributed by atoms with Gasteiger partial charge in [-0.1, -0.05) is 48.5 Å². The highest BCUT2D eigenvalue weighted by molar-refractivity contribution is 5.83. The zero-order valence-electron chi connectivity index (χ0n) is 11.4. The van der Waals surface area contributed by atoms with Crippen molar-refractivity contribution in [1.29, 1.82) is 0 Å². The van der Waals surface area contributed by atoms with Crippen LogP contribution in [-0.2, 0) is 6.42 Å². The smallest absolute Gasteiger partial charge is 0.233 e. The highest BCUT2D eigenvalue weighted by atomic mass is 16.3. The van der Waals surface area contributed by atoms with Crippen LogP contribution in [0.2, 0.25) is 0 Å². The predicted octanol–water partition coefficient (Wildman–Crippen LogP) is 3.78. The van der Waals surface area contributed by atoms with Gasteiger partial charge in [-0.25, -0.2) is 0 Å². The van der Waals surface area contributed by atoms with Gasteiger partial charge in [0.15, 0.2) is 0 Å². The highest BCUT2D eigenvalue weighted by Crippen LogP contribution is 2.23. The summed E-state index contributed by atoms with van der Waals surface area (Å²) in [4.78, 5) is 4.19. The molecule has 0 aliphatic heterocycles. The van der Waals surface area contributed by atoms with Gasteiger partial charge in [0.2, 0.25) is 5.88 Å². The van der Waals surface area contributed by atoms with Gasteiger partial charge in [0.25, 0.3) is 0 Å². The van der Waals surface area contributed by atoms with E-state index in [9.17, 15) is 5.11 Å². The van der Waals surface area contributed by atoms with E-state index in [0.717, 1.165) is 16.9 Å². The quantitative estimate of drug-likeness (QED) is 0.604. The number of hydrogen-bond acceptors (Lipinski definition) is 2. The highest BCUT2D eigenvalue weighted by Gasteiger charge is 2.11. The number of benzene rings is 2. The Balaban J connectivity index is 1.80. The summed E-state index contributed by atoms with van der Waals surface area (Å²) in [7, 11) is 0. The van der Waals surface area contributed by atoms with Crippen LogP contribution < -0.4 is 0 Å². The molecule has 1 N–H and O–H groups in total. The van der Waals surface area contributed by atoms with Crippen LogP contribution in [-0.4, -0.2) is 14.5 Å². The van der Waals surface area contributed by atoms with Gasteiger partial charge in [-0.3, -0.25) is 4.40 Å². The lowest BCUT2D eigenvalue weighted by molar-refractivity contribution is 0.451. The molecule has 4 rings (SSSR count).